The van der Waals surface area contributed by atoms with Crippen LogP contribution in [-0.4, -0.2) is 20.0 Å². The number of fused-ring (bicyclic) bond motifs is 1. The van der Waals surface area contributed by atoms with Crippen molar-refractivity contribution < 1.29 is 4.79 Å². The van der Waals surface area contributed by atoms with Gasteiger partial charge in [-0.25, -0.2) is 9.78 Å². The second kappa shape index (κ2) is 6.64. The molecule has 0 aliphatic heterocycles. The van der Waals surface area contributed by atoms with Crippen LogP contribution in [0.2, 0.25) is 0 Å². The normalized spacial score (nSPS) is 10.5. The highest BCUT2D eigenvalue weighted by molar-refractivity contribution is 5.94. The van der Waals surface area contributed by atoms with Crippen LogP contribution in [0.5, 0.6) is 0 Å². The molecule has 0 bridgehead atoms. The zero-order valence-electron chi connectivity index (χ0n) is 14.2. The lowest BCUT2D eigenvalue weighted by Crippen LogP contribution is -2.37. The van der Waals surface area contributed by atoms with E-state index in [-0.39, 0.29) is 23.3 Å². The Morgan fingerprint density at radius 3 is 2.46 bits per heavy atom. The van der Waals surface area contributed by atoms with E-state index >= 15 is 0 Å². The summed E-state index contributed by atoms with van der Waals surface area (Å²) in [5.74, 6) is -0.426. The number of hydrogen-bond donors (Lipinski definition) is 1. The predicted octanol–water partition coefficient (Wildman–Crippen LogP) is 0.434. The summed E-state index contributed by atoms with van der Waals surface area (Å²) in [5.41, 5.74) is 0.669. The van der Waals surface area contributed by atoms with Gasteiger partial charge in [0.1, 0.15) is 11.3 Å². The molecule has 0 spiro atoms. The number of carbonyl (C=O) groups excluding carboxylic acids is 1. The molecule has 8 nitrogen and oxygen atoms in total. The maximum absolute atomic E-state index is 12.3. The largest absolute Gasteiger partial charge is 0.347 e. The van der Waals surface area contributed by atoms with Gasteiger partial charge in [-0.15, -0.1) is 0 Å². The molecule has 0 saturated heterocycles. The van der Waals surface area contributed by atoms with Crippen molar-refractivity contribution in [3.8, 4) is 6.07 Å². The topological polar surface area (TPSA) is 110 Å². The van der Waals surface area contributed by atoms with Crippen LogP contribution in [0.1, 0.15) is 21.6 Å². The second-order valence-corrected chi connectivity index (χ2v) is 5.76. The number of nitriles is 1. The van der Waals surface area contributed by atoms with E-state index in [2.05, 4.69) is 10.3 Å². The first-order chi connectivity index (χ1) is 12.4. The van der Waals surface area contributed by atoms with Gasteiger partial charge in [0.25, 0.3) is 11.5 Å². The van der Waals surface area contributed by atoms with Gasteiger partial charge in [0.05, 0.1) is 17.0 Å². The smallest absolute Gasteiger partial charge is 0.332 e. The fourth-order valence-electron chi connectivity index (χ4n) is 2.55. The Morgan fingerprint density at radius 1 is 1.12 bits per heavy atom. The number of aryl methyl sites for hydroxylation is 1. The quantitative estimate of drug-likeness (QED) is 0.737. The van der Waals surface area contributed by atoms with Crippen molar-refractivity contribution in [3.05, 3.63) is 74.1 Å². The third kappa shape index (κ3) is 2.98. The molecule has 26 heavy (non-hydrogen) atoms. The number of aromatic nitrogens is 3. The predicted molar refractivity (Wildman–Crippen MR) is 94.6 cm³/mol. The Hall–Kier alpha value is -3.73. The molecule has 0 saturated carbocycles. The zero-order chi connectivity index (χ0) is 18.8. The first-order valence-corrected chi connectivity index (χ1v) is 7.76. The van der Waals surface area contributed by atoms with Crippen LogP contribution in [0.15, 0.2) is 46.0 Å². The Bertz CT molecular complexity index is 1170. The summed E-state index contributed by atoms with van der Waals surface area (Å²) < 4.78 is 2.22. The van der Waals surface area contributed by atoms with Gasteiger partial charge in [0.2, 0.25) is 0 Å². The summed E-state index contributed by atoms with van der Waals surface area (Å²) in [6.07, 6.45) is 0. The van der Waals surface area contributed by atoms with Crippen LogP contribution >= 0.6 is 0 Å². The van der Waals surface area contributed by atoms with Crippen LogP contribution in [0.4, 0.5) is 0 Å². The van der Waals surface area contributed by atoms with Crippen molar-refractivity contribution in [3.63, 3.8) is 0 Å². The minimum Gasteiger partial charge on any atom is -0.347 e. The summed E-state index contributed by atoms with van der Waals surface area (Å²) in [5, 5.41) is 11.8. The summed E-state index contributed by atoms with van der Waals surface area (Å²) in [4.78, 5) is 40.6. The van der Waals surface area contributed by atoms with Gasteiger partial charge >= 0.3 is 5.69 Å². The first-order valence-electron chi connectivity index (χ1n) is 7.76. The Kier molecular flexibility index (Phi) is 4.37. The summed E-state index contributed by atoms with van der Waals surface area (Å²) in [6, 6.07) is 11.8. The van der Waals surface area contributed by atoms with E-state index in [1.807, 2.05) is 6.07 Å². The second-order valence-electron chi connectivity index (χ2n) is 5.76. The molecule has 0 atom stereocenters. The minimum atomic E-state index is -0.509. The zero-order valence-corrected chi connectivity index (χ0v) is 14.2. The molecule has 0 radical (unpaired) electrons. The molecule has 130 valence electrons. The van der Waals surface area contributed by atoms with E-state index in [4.69, 9.17) is 5.26 Å². The van der Waals surface area contributed by atoms with Crippen LogP contribution in [0.3, 0.4) is 0 Å². The van der Waals surface area contributed by atoms with Gasteiger partial charge in [-0.1, -0.05) is 12.1 Å². The fourth-order valence-corrected chi connectivity index (χ4v) is 2.55. The van der Waals surface area contributed by atoms with Crippen LogP contribution in [-0.2, 0) is 20.6 Å². The van der Waals surface area contributed by atoms with Gasteiger partial charge < -0.3 is 5.32 Å². The Balaban J connectivity index is 1.88. The average Bonchev–Trinajstić information content (AvgIpc) is 2.68. The van der Waals surface area contributed by atoms with Crippen molar-refractivity contribution in [1.82, 2.24) is 19.4 Å². The lowest BCUT2D eigenvalue weighted by atomic mass is 10.1. The lowest BCUT2D eigenvalue weighted by molar-refractivity contribution is 0.0946. The molecule has 8 heteroatoms. The maximum atomic E-state index is 12.3. The van der Waals surface area contributed by atoms with Gasteiger partial charge in [-0.2, -0.15) is 5.26 Å². The van der Waals surface area contributed by atoms with Crippen molar-refractivity contribution in [2.24, 2.45) is 14.1 Å². The summed E-state index contributed by atoms with van der Waals surface area (Å²) in [6.45, 7) is 0.264. The molecule has 3 rings (SSSR count). The molecule has 1 amide bonds. The van der Waals surface area contributed by atoms with Crippen LogP contribution < -0.4 is 16.6 Å². The number of hydrogen-bond acceptors (Lipinski definition) is 5. The van der Waals surface area contributed by atoms with E-state index in [0.29, 0.717) is 5.56 Å². The monoisotopic (exact) mass is 349 g/mol. The summed E-state index contributed by atoms with van der Waals surface area (Å²) in [7, 11) is 2.89. The van der Waals surface area contributed by atoms with Crippen LogP contribution in [0.25, 0.3) is 11.0 Å². The van der Waals surface area contributed by atoms with E-state index < -0.39 is 17.2 Å². The van der Waals surface area contributed by atoms with Crippen molar-refractivity contribution in [2.45, 2.75) is 6.54 Å². The Morgan fingerprint density at radius 2 is 1.81 bits per heavy atom. The Labute approximate surface area is 148 Å². The lowest BCUT2D eigenvalue weighted by Gasteiger charge is -2.09. The van der Waals surface area contributed by atoms with Crippen molar-refractivity contribution in [2.75, 3.05) is 0 Å². The molecule has 0 aliphatic rings. The first kappa shape index (κ1) is 17.1. The molecule has 0 fully saturated rings. The average molecular weight is 349 g/mol. The number of rotatable bonds is 3. The number of nitrogens with zero attached hydrogens (tertiary/aromatic N) is 4. The molecular formula is C18H15N5O3. The van der Waals surface area contributed by atoms with Gasteiger partial charge in [-0.05, 0) is 29.8 Å². The highest BCUT2D eigenvalue weighted by atomic mass is 16.2. The van der Waals surface area contributed by atoms with E-state index in [1.165, 1.54) is 30.8 Å². The van der Waals surface area contributed by atoms with Gasteiger partial charge in [-0.3, -0.25) is 18.7 Å². The number of benzene rings is 1. The standard InChI is InChI=1S/C18H15N5O3/c1-22-15-13(17(25)23(2)18(22)26)7-8-14(21-15)16(24)20-10-12-5-3-11(9-19)4-6-12/h3-8H,10H2,1-2H3,(H,20,24). The number of pyridine rings is 1. The molecule has 3 aromatic rings. The molecule has 2 heterocycles. The molecule has 0 unspecified atom stereocenters. The third-order valence-electron chi connectivity index (χ3n) is 4.07. The fraction of sp³-hybridized carbons (Fsp3) is 0.167. The maximum Gasteiger partial charge on any atom is 0.332 e. The van der Waals surface area contributed by atoms with Crippen molar-refractivity contribution >= 4 is 16.9 Å². The minimum absolute atomic E-state index is 0.106. The SMILES string of the molecule is Cn1c(=O)c2ccc(C(=O)NCc3ccc(C#N)cc3)nc2n(C)c1=O. The van der Waals surface area contributed by atoms with Crippen LogP contribution in [0, 0.1) is 11.3 Å². The van der Waals surface area contributed by atoms with E-state index in [1.54, 1.807) is 24.3 Å². The number of nitrogens with one attached hydrogen (secondary N) is 1. The molecule has 1 aromatic carbocycles. The highest BCUT2D eigenvalue weighted by Gasteiger charge is 2.13. The number of carbonyl (C=O) groups is 1. The van der Waals surface area contributed by atoms with Gasteiger partial charge in [0, 0.05) is 20.6 Å². The third-order valence-corrected chi connectivity index (χ3v) is 4.07. The molecule has 0 aliphatic carbocycles. The number of amides is 1. The van der Waals surface area contributed by atoms with E-state index in [0.717, 1.165) is 10.1 Å². The summed E-state index contributed by atoms with van der Waals surface area (Å²) >= 11 is 0. The molecule has 2 aromatic heterocycles. The van der Waals surface area contributed by atoms with Crippen molar-refractivity contribution in [1.29, 1.82) is 5.26 Å². The molecule has 1 N–H and O–H groups in total. The van der Waals surface area contributed by atoms with Gasteiger partial charge in [0.15, 0.2) is 0 Å². The molecular weight excluding hydrogens is 334 g/mol. The highest BCUT2D eigenvalue weighted by Crippen LogP contribution is 2.07. The van der Waals surface area contributed by atoms with E-state index in [9.17, 15) is 14.4 Å².